The van der Waals surface area contributed by atoms with E-state index < -0.39 is 0 Å². The Morgan fingerprint density at radius 1 is 1.86 bits per heavy atom. The van der Waals surface area contributed by atoms with E-state index in [0.717, 1.165) is 12.8 Å². The molecule has 1 aliphatic carbocycles. The van der Waals surface area contributed by atoms with Gasteiger partial charge in [0.05, 0.1) is 1.37 Å². The van der Waals surface area contributed by atoms with Crippen LogP contribution >= 0.6 is 0 Å². The summed E-state index contributed by atoms with van der Waals surface area (Å²) in [6.45, 7) is 0. The number of carbonyl (C=O) groups is 1. The van der Waals surface area contributed by atoms with E-state index in [2.05, 4.69) is 0 Å². The van der Waals surface area contributed by atoms with Crippen molar-refractivity contribution in [3.63, 3.8) is 0 Å². The van der Waals surface area contributed by atoms with E-state index in [4.69, 9.17) is 1.37 Å². The highest BCUT2D eigenvalue weighted by Gasteiger charge is 1.98. The average molecular weight is 97.1 g/mol. The van der Waals surface area contributed by atoms with E-state index in [-0.39, 0.29) is 11.8 Å². The van der Waals surface area contributed by atoms with Crippen LogP contribution in [0.3, 0.4) is 0 Å². The van der Waals surface area contributed by atoms with Crippen LogP contribution in [0.15, 0.2) is 12.1 Å². The molecule has 1 aliphatic rings. The van der Waals surface area contributed by atoms with Gasteiger partial charge in [-0.25, -0.2) is 0 Å². The minimum atomic E-state index is -0.00347. The first-order valence-electron chi connectivity index (χ1n) is 3.00. The molecule has 0 unspecified atom stereocenters. The van der Waals surface area contributed by atoms with E-state index >= 15 is 0 Å². The first kappa shape index (κ1) is 3.42. The molecular weight excluding hydrogens is 88.1 g/mol. The van der Waals surface area contributed by atoms with Crippen molar-refractivity contribution in [2.75, 3.05) is 0 Å². The minimum absolute atomic E-state index is 0.00347. The van der Waals surface area contributed by atoms with Crippen LogP contribution in [0.4, 0.5) is 0 Å². The first-order chi connectivity index (χ1) is 3.80. The van der Waals surface area contributed by atoms with Gasteiger partial charge in [0.2, 0.25) is 0 Å². The molecule has 0 radical (unpaired) electrons. The standard InChI is InChI=1S/C6H8O/c7-6-4-2-1-3-5-6/h2,4H,1,3,5H2/i4D. The van der Waals surface area contributed by atoms with Gasteiger partial charge in [-0.1, -0.05) is 6.08 Å². The smallest absolute Gasteiger partial charge is 0.155 e. The summed E-state index contributed by atoms with van der Waals surface area (Å²) in [6.07, 6.45) is 4.10. The summed E-state index contributed by atoms with van der Waals surface area (Å²) in [7, 11) is 0. The zero-order valence-electron chi connectivity index (χ0n) is 5.11. The highest BCUT2D eigenvalue weighted by Crippen LogP contribution is 2.04. The molecule has 0 aromatic rings. The number of allylic oxidation sites excluding steroid dienone is 2. The third-order valence-electron chi connectivity index (χ3n) is 1.02. The van der Waals surface area contributed by atoms with E-state index in [9.17, 15) is 4.79 Å². The number of carbonyl (C=O) groups excluding carboxylic acids is 1. The Morgan fingerprint density at radius 2 is 2.71 bits per heavy atom. The summed E-state index contributed by atoms with van der Waals surface area (Å²) in [4.78, 5) is 10.5. The van der Waals surface area contributed by atoms with Crippen LogP contribution < -0.4 is 0 Å². The van der Waals surface area contributed by atoms with Crippen LogP contribution in [0.25, 0.3) is 0 Å². The molecule has 1 nitrogen and oxygen atoms in total. The molecule has 0 aliphatic heterocycles. The largest absolute Gasteiger partial charge is 0.295 e. The van der Waals surface area contributed by atoms with Gasteiger partial charge in [-0.05, 0) is 18.9 Å². The zero-order chi connectivity index (χ0) is 5.98. The number of ketones is 1. The summed E-state index contributed by atoms with van der Waals surface area (Å²) < 4.78 is 6.99. The quantitative estimate of drug-likeness (QED) is 0.445. The van der Waals surface area contributed by atoms with Crippen molar-refractivity contribution in [2.45, 2.75) is 19.3 Å². The van der Waals surface area contributed by atoms with E-state index in [0.29, 0.717) is 6.42 Å². The highest BCUT2D eigenvalue weighted by molar-refractivity contribution is 5.90. The van der Waals surface area contributed by atoms with Crippen LogP contribution in [0.1, 0.15) is 20.6 Å². The Balaban J connectivity index is 2.67. The van der Waals surface area contributed by atoms with E-state index in [1.807, 2.05) is 0 Å². The van der Waals surface area contributed by atoms with Crippen LogP contribution in [0.2, 0.25) is 0 Å². The van der Waals surface area contributed by atoms with Gasteiger partial charge in [-0.3, -0.25) is 4.79 Å². The van der Waals surface area contributed by atoms with Crippen molar-refractivity contribution < 1.29 is 6.17 Å². The molecular formula is C6H8O. The molecule has 0 spiro atoms. The monoisotopic (exact) mass is 97.1 g/mol. The molecule has 1 heteroatoms. The normalized spacial score (nSPS) is 23.7. The van der Waals surface area contributed by atoms with Crippen molar-refractivity contribution in [3.8, 4) is 0 Å². The fraction of sp³-hybridized carbons (Fsp3) is 0.500. The lowest BCUT2D eigenvalue weighted by Gasteiger charge is -1.97. The Bertz CT molecular complexity index is 137. The Kier molecular flexibility index (Phi) is 0.935. The topological polar surface area (TPSA) is 17.1 Å². The second-order valence-electron chi connectivity index (χ2n) is 1.66. The maximum atomic E-state index is 10.5. The minimum Gasteiger partial charge on any atom is -0.295 e. The number of hydrogen-bond donors (Lipinski definition) is 0. The summed E-state index contributed by atoms with van der Waals surface area (Å²) in [6, 6.07) is 0.205. The fourth-order valence-corrected chi connectivity index (χ4v) is 0.623. The van der Waals surface area contributed by atoms with Gasteiger partial charge < -0.3 is 0 Å². The molecule has 0 aromatic carbocycles. The fourth-order valence-electron chi connectivity index (χ4n) is 0.623. The first-order valence-corrected chi connectivity index (χ1v) is 2.50. The molecule has 0 bridgehead atoms. The Labute approximate surface area is 44.4 Å². The van der Waals surface area contributed by atoms with E-state index in [1.54, 1.807) is 6.08 Å². The van der Waals surface area contributed by atoms with Crippen LogP contribution in [-0.4, -0.2) is 5.78 Å². The Hall–Kier alpha value is -0.590. The van der Waals surface area contributed by atoms with Crippen LogP contribution in [0, 0.1) is 0 Å². The lowest BCUT2D eigenvalue weighted by atomic mass is 10.1. The van der Waals surface area contributed by atoms with Gasteiger partial charge in [0.25, 0.3) is 0 Å². The molecule has 38 valence electrons. The molecule has 0 atom stereocenters. The molecule has 0 fully saturated rings. The van der Waals surface area contributed by atoms with Crippen molar-refractivity contribution in [3.05, 3.63) is 12.1 Å². The van der Waals surface area contributed by atoms with Gasteiger partial charge in [0.15, 0.2) is 5.78 Å². The zero-order valence-corrected chi connectivity index (χ0v) is 4.11. The van der Waals surface area contributed by atoms with Crippen LogP contribution in [-0.2, 0) is 4.79 Å². The number of rotatable bonds is 0. The Morgan fingerprint density at radius 3 is 3.14 bits per heavy atom. The summed E-state index contributed by atoms with van der Waals surface area (Å²) >= 11 is 0. The van der Waals surface area contributed by atoms with Gasteiger partial charge in [0.1, 0.15) is 0 Å². The van der Waals surface area contributed by atoms with Crippen molar-refractivity contribution in [1.82, 2.24) is 0 Å². The van der Waals surface area contributed by atoms with E-state index in [1.165, 1.54) is 0 Å². The third-order valence-corrected chi connectivity index (χ3v) is 1.02. The van der Waals surface area contributed by atoms with Crippen molar-refractivity contribution in [1.29, 1.82) is 0 Å². The summed E-state index contributed by atoms with van der Waals surface area (Å²) in [5, 5.41) is 0. The second kappa shape index (κ2) is 1.92. The maximum absolute atomic E-state index is 10.5. The van der Waals surface area contributed by atoms with Crippen LogP contribution in [0.5, 0.6) is 0 Å². The van der Waals surface area contributed by atoms with Gasteiger partial charge in [-0.2, -0.15) is 0 Å². The molecule has 7 heavy (non-hydrogen) atoms. The lowest BCUT2D eigenvalue weighted by molar-refractivity contribution is -0.114. The van der Waals surface area contributed by atoms with Gasteiger partial charge >= 0.3 is 0 Å². The van der Waals surface area contributed by atoms with Gasteiger partial charge in [-0.15, -0.1) is 0 Å². The SMILES string of the molecule is [2H]C1=CCCCC1=O. The van der Waals surface area contributed by atoms with Crippen molar-refractivity contribution >= 4 is 5.78 Å². The molecule has 0 heterocycles. The van der Waals surface area contributed by atoms with Gasteiger partial charge in [0, 0.05) is 6.42 Å². The highest BCUT2D eigenvalue weighted by atomic mass is 16.1. The average Bonchev–Trinajstić information content (AvgIpc) is 1.77. The van der Waals surface area contributed by atoms with Crippen molar-refractivity contribution in [2.24, 2.45) is 0 Å². The predicted molar refractivity (Wildman–Crippen MR) is 28.0 cm³/mol. The molecule has 0 N–H and O–H groups in total. The summed E-state index contributed by atoms with van der Waals surface area (Å²) in [5.41, 5.74) is 0. The third kappa shape index (κ3) is 1.15. The molecule has 0 saturated heterocycles. The molecule has 0 aromatic heterocycles. The molecule has 1 rings (SSSR count). The molecule has 0 amide bonds. The maximum Gasteiger partial charge on any atom is 0.155 e. The predicted octanol–water partition coefficient (Wildman–Crippen LogP) is 1.30. The lowest BCUT2D eigenvalue weighted by Crippen LogP contribution is -1.95. The second-order valence-corrected chi connectivity index (χ2v) is 1.66. The number of hydrogen-bond acceptors (Lipinski definition) is 1. The summed E-state index contributed by atoms with van der Waals surface area (Å²) in [5.74, 6) is -0.00347. The molecule has 0 saturated carbocycles.